The number of aryl methyl sites for hydroxylation is 2. The van der Waals surface area contributed by atoms with Gasteiger partial charge in [0.05, 0.1) is 11.4 Å². The summed E-state index contributed by atoms with van der Waals surface area (Å²) in [7, 11) is 0. The van der Waals surface area contributed by atoms with E-state index in [4.69, 9.17) is 4.98 Å². The van der Waals surface area contributed by atoms with E-state index in [1.807, 2.05) is 0 Å². The fourth-order valence-corrected chi connectivity index (χ4v) is 3.03. The van der Waals surface area contributed by atoms with Crippen molar-refractivity contribution in [3.05, 3.63) is 77.9 Å². The van der Waals surface area contributed by atoms with Gasteiger partial charge in [0.25, 0.3) is 0 Å². The smallest absolute Gasteiger partial charge is 0.0709 e. The van der Waals surface area contributed by atoms with Crippen molar-refractivity contribution in [1.82, 2.24) is 4.98 Å². The minimum absolute atomic E-state index is 1.06. The summed E-state index contributed by atoms with van der Waals surface area (Å²) >= 11 is 0. The molecule has 0 fully saturated rings. The number of pyridine rings is 1. The first-order chi connectivity index (χ1) is 10.4. The second kappa shape index (κ2) is 5.17. The fourth-order valence-electron chi connectivity index (χ4n) is 3.03. The van der Waals surface area contributed by atoms with Gasteiger partial charge in [-0.05, 0) is 54.7 Å². The van der Waals surface area contributed by atoms with Crippen LogP contribution < -0.4 is 0 Å². The third-order valence-electron chi connectivity index (χ3n) is 4.13. The summed E-state index contributed by atoms with van der Waals surface area (Å²) in [4.78, 5) is 4.85. The molecule has 1 aliphatic heterocycles. The van der Waals surface area contributed by atoms with E-state index in [2.05, 4.69) is 66.7 Å². The van der Waals surface area contributed by atoms with Gasteiger partial charge in [-0.15, -0.1) is 0 Å². The quantitative estimate of drug-likeness (QED) is 0.566. The van der Waals surface area contributed by atoms with Crippen LogP contribution in [0.25, 0.3) is 22.5 Å². The highest BCUT2D eigenvalue weighted by Crippen LogP contribution is 2.25. The fraction of sp³-hybridized carbons (Fsp3) is 0.150. The van der Waals surface area contributed by atoms with Crippen LogP contribution in [0.2, 0.25) is 0 Å². The minimum atomic E-state index is 1.06. The molecule has 0 spiro atoms. The van der Waals surface area contributed by atoms with Crippen molar-refractivity contribution < 1.29 is 0 Å². The van der Waals surface area contributed by atoms with Crippen LogP contribution in [0.5, 0.6) is 0 Å². The van der Waals surface area contributed by atoms with Gasteiger partial charge in [0.2, 0.25) is 0 Å². The molecule has 21 heavy (non-hydrogen) atoms. The van der Waals surface area contributed by atoms with Crippen LogP contribution in [0.4, 0.5) is 0 Å². The van der Waals surface area contributed by atoms with Gasteiger partial charge in [-0.25, -0.2) is 4.98 Å². The molecule has 102 valence electrons. The summed E-state index contributed by atoms with van der Waals surface area (Å²) in [5.74, 6) is 0. The first kappa shape index (κ1) is 12.3. The van der Waals surface area contributed by atoms with E-state index in [9.17, 15) is 0 Å². The summed E-state index contributed by atoms with van der Waals surface area (Å²) in [5.41, 5.74) is 7.34. The van der Waals surface area contributed by atoms with E-state index in [0.29, 0.717) is 0 Å². The summed E-state index contributed by atoms with van der Waals surface area (Å²) in [6, 6.07) is 23.9. The van der Waals surface area contributed by atoms with E-state index in [0.717, 1.165) is 24.2 Å². The van der Waals surface area contributed by atoms with Crippen molar-refractivity contribution in [1.29, 1.82) is 0 Å². The Morgan fingerprint density at radius 3 is 1.71 bits per heavy atom. The van der Waals surface area contributed by atoms with Gasteiger partial charge in [-0.3, -0.25) is 0 Å². The van der Waals surface area contributed by atoms with E-state index in [1.165, 1.54) is 28.7 Å². The molecule has 4 rings (SSSR count). The molecular weight excluding hydrogens is 254 g/mol. The zero-order valence-corrected chi connectivity index (χ0v) is 11.9. The highest BCUT2D eigenvalue weighted by molar-refractivity contribution is 5.67. The zero-order chi connectivity index (χ0) is 14.1. The van der Waals surface area contributed by atoms with Gasteiger partial charge in [-0.1, -0.05) is 42.5 Å². The summed E-state index contributed by atoms with van der Waals surface area (Å²) in [6.07, 6.45) is 3.43. The van der Waals surface area contributed by atoms with Crippen molar-refractivity contribution in [2.24, 2.45) is 0 Å². The highest BCUT2D eigenvalue weighted by atomic mass is 14.7. The molecule has 2 heterocycles. The third-order valence-corrected chi connectivity index (χ3v) is 4.13. The number of nitrogens with zero attached hydrogens (tertiary/aromatic N) is 1. The van der Waals surface area contributed by atoms with Gasteiger partial charge in [0.15, 0.2) is 0 Å². The van der Waals surface area contributed by atoms with Crippen LogP contribution in [0.3, 0.4) is 0 Å². The minimum Gasteiger partial charge on any atom is -0.248 e. The SMILES string of the molecule is c1cc2cc(c1)-c1cccc(n1)-c1cccc(c1)CCC2. The Morgan fingerprint density at radius 1 is 0.619 bits per heavy atom. The molecule has 0 N–H and O–H groups in total. The molecule has 1 heteroatoms. The van der Waals surface area contributed by atoms with E-state index >= 15 is 0 Å². The first-order valence-electron chi connectivity index (χ1n) is 7.54. The number of benzene rings is 2. The highest BCUT2D eigenvalue weighted by Gasteiger charge is 2.07. The zero-order valence-electron chi connectivity index (χ0n) is 11.9. The molecule has 6 bridgehead atoms. The van der Waals surface area contributed by atoms with Crippen molar-refractivity contribution in [2.75, 3.05) is 0 Å². The van der Waals surface area contributed by atoms with Gasteiger partial charge in [-0.2, -0.15) is 0 Å². The number of fused-ring (bicyclic) bond motifs is 8. The monoisotopic (exact) mass is 271 g/mol. The van der Waals surface area contributed by atoms with E-state index in [1.54, 1.807) is 0 Å². The lowest BCUT2D eigenvalue weighted by atomic mass is 9.98. The standard InChI is InChI=1S/C20H17N/c1-5-15-7-2-9-17(13-15)19-11-4-12-20(21-19)18-10-3-8-16(6-1)14-18/h2-4,7-14H,1,5-6H2. The second-order valence-electron chi connectivity index (χ2n) is 5.66. The molecule has 1 nitrogen and oxygen atoms in total. The molecule has 1 aromatic heterocycles. The summed E-state index contributed by atoms with van der Waals surface area (Å²) in [6.45, 7) is 0. The Bertz CT molecular complexity index is 726. The molecule has 0 saturated carbocycles. The molecule has 0 amide bonds. The molecule has 0 aliphatic carbocycles. The number of hydrogen-bond donors (Lipinski definition) is 0. The van der Waals surface area contributed by atoms with E-state index < -0.39 is 0 Å². The van der Waals surface area contributed by atoms with Crippen molar-refractivity contribution in [3.8, 4) is 22.5 Å². The van der Waals surface area contributed by atoms with Crippen molar-refractivity contribution in [3.63, 3.8) is 0 Å². The van der Waals surface area contributed by atoms with Gasteiger partial charge < -0.3 is 0 Å². The number of hydrogen-bond acceptors (Lipinski definition) is 1. The molecule has 0 unspecified atom stereocenters. The van der Waals surface area contributed by atoms with E-state index in [-0.39, 0.29) is 0 Å². The average molecular weight is 271 g/mol. The Morgan fingerprint density at radius 2 is 1.14 bits per heavy atom. The normalized spacial score (nSPS) is 13.1. The predicted octanol–water partition coefficient (Wildman–Crippen LogP) is 4.90. The molecule has 0 atom stereocenters. The second-order valence-corrected chi connectivity index (χ2v) is 5.66. The van der Waals surface area contributed by atoms with Gasteiger partial charge in [0.1, 0.15) is 0 Å². The predicted molar refractivity (Wildman–Crippen MR) is 87.1 cm³/mol. The van der Waals surface area contributed by atoms with Crippen LogP contribution in [0.15, 0.2) is 66.7 Å². The third kappa shape index (κ3) is 2.47. The van der Waals surface area contributed by atoms with Crippen LogP contribution in [-0.4, -0.2) is 4.98 Å². The topological polar surface area (TPSA) is 12.9 Å². The average Bonchev–Trinajstić information content (AvgIpc) is 2.55. The maximum atomic E-state index is 4.85. The number of rotatable bonds is 0. The van der Waals surface area contributed by atoms with Crippen molar-refractivity contribution in [2.45, 2.75) is 19.3 Å². The van der Waals surface area contributed by atoms with Crippen LogP contribution in [-0.2, 0) is 12.8 Å². The summed E-state index contributed by atoms with van der Waals surface area (Å²) < 4.78 is 0. The lowest BCUT2D eigenvalue weighted by Gasteiger charge is -2.10. The largest absolute Gasteiger partial charge is 0.248 e. The van der Waals surface area contributed by atoms with Gasteiger partial charge >= 0.3 is 0 Å². The summed E-state index contributed by atoms with van der Waals surface area (Å²) in [5, 5.41) is 0. The Labute approximate surface area is 125 Å². The maximum absolute atomic E-state index is 4.85. The Kier molecular flexibility index (Phi) is 3.04. The lowest BCUT2D eigenvalue weighted by molar-refractivity contribution is 0.821. The van der Waals surface area contributed by atoms with Crippen LogP contribution >= 0.6 is 0 Å². The molecular formula is C20H17N. The number of aromatic nitrogens is 1. The first-order valence-corrected chi connectivity index (χ1v) is 7.54. The molecule has 1 aliphatic rings. The molecule has 3 aromatic rings. The molecule has 2 aromatic carbocycles. The lowest BCUT2D eigenvalue weighted by Crippen LogP contribution is -1.95. The van der Waals surface area contributed by atoms with Crippen LogP contribution in [0.1, 0.15) is 17.5 Å². The van der Waals surface area contributed by atoms with Crippen molar-refractivity contribution >= 4 is 0 Å². The Hall–Kier alpha value is -2.41. The maximum Gasteiger partial charge on any atom is 0.0709 e. The van der Waals surface area contributed by atoms with Gasteiger partial charge in [0, 0.05) is 11.1 Å². The Balaban J connectivity index is 1.93. The molecule has 0 saturated heterocycles. The molecule has 0 radical (unpaired) electrons. The van der Waals surface area contributed by atoms with Crippen LogP contribution in [0, 0.1) is 0 Å².